The second kappa shape index (κ2) is 7.53. The van der Waals surface area contributed by atoms with E-state index in [1.54, 1.807) is 6.20 Å². The van der Waals surface area contributed by atoms with Crippen LogP contribution in [0, 0.1) is 0 Å². The maximum Gasteiger partial charge on any atom is 0.315 e. The normalized spacial score (nSPS) is 11.7. The second-order valence-electron chi connectivity index (χ2n) is 4.04. The smallest absolute Gasteiger partial charge is 0.315 e. The number of ether oxygens (including phenoxy) is 1. The van der Waals surface area contributed by atoms with Gasteiger partial charge in [-0.25, -0.2) is 9.78 Å². The Balaban J connectivity index is 2.50. The first kappa shape index (κ1) is 14.3. The van der Waals surface area contributed by atoms with E-state index in [2.05, 4.69) is 15.6 Å². The molecule has 1 unspecified atom stereocenters. The van der Waals surface area contributed by atoms with E-state index in [1.165, 1.54) is 0 Å². The van der Waals surface area contributed by atoms with Crippen LogP contribution >= 0.6 is 0 Å². The van der Waals surface area contributed by atoms with Gasteiger partial charge in [-0.1, -0.05) is 13.0 Å². The first-order chi connectivity index (χ1) is 8.67. The average molecular weight is 251 g/mol. The molecule has 0 fully saturated rings. The van der Waals surface area contributed by atoms with Crippen molar-refractivity contribution in [3.05, 3.63) is 23.9 Å². The molecule has 1 atom stereocenters. The molecular weight excluding hydrogens is 230 g/mol. The molecular formula is C13H21N3O2. The summed E-state index contributed by atoms with van der Waals surface area (Å²) < 4.78 is 5.39. The maximum absolute atomic E-state index is 11.6. The number of hydrogen-bond acceptors (Lipinski definition) is 3. The molecule has 0 aliphatic carbocycles. The Bertz CT molecular complexity index is 382. The molecule has 0 saturated heterocycles. The van der Waals surface area contributed by atoms with E-state index in [4.69, 9.17) is 4.74 Å². The minimum Gasteiger partial charge on any atom is -0.478 e. The first-order valence-electron chi connectivity index (χ1n) is 6.28. The van der Waals surface area contributed by atoms with Crippen molar-refractivity contribution in [2.45, 2.75) is 39.8 Å². The Labute approximate surface area is 108 Å². The van der Waals surface area contributed by atoms with Gasteiger partial charge in [-0.3, -0.25) is 0 Å². The third kappa shape index (κ3) is 4.61. The highest BCUT2D eigenvalue weighted by atomic mass is 16.5. The van der Waals surface area contributed by atoms with Crippen LogP contribution < -0.4 is 15.4 Å². The number of nitrogens with one attached hydrogen (secondary N) is 2. The summed E-state index contributed by atoms with van der Waals surface area (Å²) in [5, 5.41) is 5.63. The van der Waals surface area contributed by atoms with Gasteiger partial charge in [0.2, 0.25) is 5.88 Å². The van der Waals surface area contributed by atoms with Crippen molar-refractivity contribution < 1.29 is 9.53 Å². The third-order valence-corrected chi connectivity index (χ3v) is 2.56. The zero-order chi connectivity index (χ0) is 13.4. The van der Waals surface area contributed by atoms with Gasteiger partial charge in [0.25, 0.3) is 0 Å². The Hall–Kier alpha value is -1.78. The number of pyridine rings is 1. The van der Waals surface area contributed by atoms with Crippen LogP contribution in [-0.2, 0) is 6.54 Å². The van der Waals surface area contributed by atoms with Crippen molar-refractivity contribution in [2.24, 2.45) is 0 Å². The fourth-order valence-corrected chi connectivity index (χ4v) is 1.38. The van der Waals surface area contributed by atoms with E-state index in [0.29, 0.717) is 19.0 Å². The fourth-order valence-electron chi connectivity index (χ4n) is 1.38. The summed E-state index contributed by atoms with van der Waals surface area (Å²) >= 11 is 0. The van der Waals surface area contributed by atoms with Gasteiger partial charge < -0.3 is 15.4 Å². The summed E-state index contributed by atoms with van der Waals surface area (Å²) in [5.41, 5.74) is 0.874. The highest BCUT2D eigenvalue weighted by Gasteiger charge is 2.07. The number of carbonyl (C=O) groups is 1. The minimum atomic E-state index is -0.171. The van der Waals surface area contributed by atoms with Crippen LogP contribution in [0.1, 0.15) is 32.8 Å². The van der Waals surface area contributed by atoms with Crippen molar-refractivity contribution in [1.82, 2.24) is 15.6 Å². The van der Waals surface area contributed by atoms with Crippen LogP contribution in [0.3, 0.4) is 0 Å². The zero-order valence-corrected chi connectivity index (χ0v) is 11.2. The molecule has 0 aromatic carbocycles. The van der Waals surface area contributed by atoms with Crippen molar-refractivity contribution in [3.63, 3.8) is 0 Å². The van der Waals surface area contributed by atoms with Gasteiger partial charge in [0.1, 0.15) is 0 Å². The molecule has 1 aromatic rings. The molecule has 0 spiro atoms. The van der Waals surface area contributed by atoms with Crippen LogP contribution in [0.2, 0.25) is 0 Å². The summed E-state index contributed by atoms with van der Waals surface area (Å²) in [5.74, 6) is 0.573. The molecule has 0 bridgehead atoms. The van der Waals surface area contributed by atoms with Crippen LogP contribution in [-0.4, -0.2) is 23.7 Å². The van der Waals surface area contributed by atoms with Crippen molar-refractivity contribution in [2.75, 3.05) is 6.61 Å². The number of hydrogen-bond donors (Lipinski definition) is 2. The number of urea groups is 1. The summed E-state index contributed by atoms with van der Waals surface area (Å²) in [7, 11) is 0. The predicted molar refractivity (Wildman–Crippen MR) is 70.5 cm³/mol. The van der Waals surface area contributed by atoms with Crippen molar-refractivity contribution >= 4 is 6.03 Å². The van der Waals surface area contributed by atoms with E-state index >= 15 is 0 Å². The molecule has 5 heteroatoms. The van der Waals surface area contributed by atoms with Crippen LogP contribution in [0.4, 0.5) is 4.79 Å². The fraction of sp³-hybridized carbons (Fsp3) is 0.538. The molecule has 1 aromatic heterocycles. The van der Waals surface area contributed by atoms with Crippen molar-refractivity contribution in [1.29, 1.82) is 0 Å². The number of amides is 2. The standard InChI is InChI=1S/C13H21N3O2/c1-4-10(3)16-13(17)15-9-11-7-6-8-14-12(11)18-5-2/h6-8,10H,4-5,9H2,1-3H3,(H2,15,16,17). The topological polar surface area (TPSA) is 63.2 Å². The average Bonchev–Trinajstić information content (AvgIpc) is 2.38. The summed E-state index contributed by atoms with van der Waals surface area (Å²) in [6.07, 6.45) is 2.58. The molecule has 0 aliphatic rings. The summed E-state index contributed by atoms with van der Waals surface area (Å²) in [4.78, 5) is 15.7. The molecule has 1 rings (SSSR count). The lowest BCUT2D eigenvalue weighted by Crippen LogP contribution is -2.40. The van der Waals surface area contributed by atoms with Crippen LogP contribution in [0.15, 0.2) is 18.3 Å². The zero-order valence-electron chi connectivity index (χ0n) is 11.2. The highest BCUT2D eigenvalue weighted by Crippen LogP contribution is 2.13. The number of carbonyl (C=O) groups excluding carboxylic acids is 1. The SMILES string of the molecule is CCOc1ncccc1CNC(=O)NC(C)CC. The van der Waals surface area contributed by atoms with Crippen molar-refractivity contribution in [3.8, 4) is 5.88 Å². The largest absolute Gasteiger partial charge is 0.478 e. The van der Waals surface area contributed by atoms with E-state index in [-0.39, 0.29) is 12.1 Å². The lowest BCUT2D eigenvalue weighted by Gasteiger charge is -2.13. The Morgan fingerprint density at radius 3 is 2.94 bits per heavy atom. The molecule has 2 amide bonds. The van der Waals surface area contributed by atoms with Gasteiger partial charge in [0.05, 0.1) is 6.61 Å². The van der Waals surface area contributed by atoms with Gasteiger partial charge in [-0.05, 0) is 26.3 Å². The number of rotatable bonds is 6. The van der Waals surface area contributed by atoms with Gasteiger partial charge in [-0.15, -0.1) is 0 Å². The Kier molecular flexibility index (Phi) is 5.97. The molecule has 0 aliphatic heterocycles. The van der Waals surface area contributed by atoms with Crippen LogP contribution in [0.5, 0.6) is 5.88 Å². The van der Waals surface area contributed by atoms with Gasteiger partial charge in [0, 0.05) is 24.3 Å². The molecule has 0 saturated carbocycles. The predicted octanol–water partition coefficient (Wildman–Crippen LogP) is 2.08. The maximum atomic E-state index is 11.6. The lowest BCUT2D eigenvalue weighted by molar-refractivity contribution is 0.237. The quantitative estimate of drug-likeness (QED) is 0.813. The number of nitrogens with zero attached hydrogens (tertiary/aromatic N) is 1. The first-order valence-corrected chi connectivity index (χ1v) is 6.28. The van der Waals surface area contributed by atoms with E-state index in [1.807, 2.05) is 32.9 Å². The van der Waals surface area contributed by atoms with E-state index in [0.717, 1.165) is 12.0 Å². The molecule has 18 heavy (non-hydrogen) atoms. The Morgan fingerprint density at radius 2 is 2.28 bits per heavy atom. The highest BCUT2D eigenvalue weighted by molar-refractivity contribution is 5.74. The monoisotopic (exact) mass is 251 g/mol. The van der Waals surface area contributed by atoms with E-state index in [9.17, 15) is 4.79 Å². The van der Waals surface area contributed by atoms with Gasteiger partial charge in [0.15, 0.2) is 0 Å². The minimum absolute atomic E-state index is 0.171. The van der Waals surface area contributed by atoms with Crippen LogP contribution in [0.25, 0.3) is 0 Å². The van der Waals surface area contributed by atoms with Gasteiger partial charge >= 0.3 is 6.03 Å². The third-order valence-electron chi connectivity index (χ3n) is 2.56. The molecule has 5 nitrogen and oxygen atoms in total. The molecule has 1 heterocycles. The summed E-state index contributed by atoms with van der Waals surface area (Å²) in [6.45, 7) is 6.87. The molecule has 2 N–H and O–H groups in total. The van der Waals surface area contributed by atoms with E-state index < -0.39 is 0 Å². The van der Waals surface area contributed by atoms with Gasteiger partial charge in [-0.2, -0.15) is 0 Å². The lowest BCUT2D eigenvalue weighted by atomic mass is 10.2. The second-order valence-corrected chi connectivity index (χ2v) is 4.04. The number of aromatic nitrogens is 1. The summed E-state index contributed by atoms with van der Waals surface area (Å²) in [6, 6.07) is 3.72. The Morgan fingerprint density at radius 1 is 1.50 bits per heavy atom. The molecule has 100 valence electrons. The molecule has 0 radical (unpaired) electrons.